The van der Waals surface area contributed by atoms with Gasteiger partial charge < -0.3 is 24.8 Å². The van der Waals surface area contributed by atoms with Gasteiger partial charge in [0.25, 0.3) is 0 Å². The van der Waals surface area contributed by atoms with E-state index in [9.17, 15) is 0 Å². The van der Waals surface area contributed by atoms with Gasteiger partial charge in [0.05, 0.1) is 0 Å². The van der Waals surface area contributed by atoms with Crippen LogP contribution in [0, 0.1) is 11.8 Å². The fourth-order valence-corrected chi connectivity index (χ4v) is 4.02. The van der Waals surface area contributed by atoms with Crippen molar-refractivity contribution in [2.75, 3.05) is 79.2 Å². The Balaban J connectivity index is 0.00000392. The summed E-state index contributed by atoms with van der Waals surface area (Å²) in [6.07, 6.45) is 3.66. The molecule has 0 radical (unpaired) electrons. The molecule has 0 saturated carbocycles. The first-order valence-electron chi connectivity index (χ1n) is 11.1. The molecule has 2 heterocycles. The molecule has 166 valence electrons. The monoisotopic (exact) mass is 509 g/mol. The number of rotatable bonds is 9. The topological polar surface area (TPSA) is 43.3 Å². The first-order chi connectivity index (χ1) is 13.1. The van der Waals surface area contributed by atoms with Crippen molar-refractivity contribution in [3.8, 4) is 0 Å². The van der Waals surface area contributed by atoms with Crippen LogP contribution in [0.1, 0.15) is 40.0 Å². The number of hydrogen-bond donors (Lipinski definition) is 1. The highest BCUT2D eigenvalue weighted by Crippen LogP contribution is 2.18. The van der Waals surface area contributed by atoms with Gasteiger partial charge in [0.2, 0.25) is 0 Å². The number of nitrogens with one attached hydrogen (secondary N) is 1. The summed E-state index contributed by atoms with van der Waals surface area (Å²) in [6.45, 7) is 18.7. The number of likely N-dealkylation sites (N-methyl/N-ethyl adjacent to an activating group) is 1. The highest BCUT2D eigenvalue weighted by Gasteiger charge is 2.18. The van der Waals surface area contributed by atoms with Crippen LogP contribution in [0.3, 0.4) is 0 Å². The largest absolute Gasteiger partial charge is 0.381 e. The van der Waals surface area contributed by atoms with E-state index < -0.39 is 0 Å². The number of nitrogens with zero attached hydrogens (tertiary/aromatic N) is 4. The van der Waals surface area contributed by atoms with E-state index in [1.807, 2.05) is 0 Å². The van der Waals surface area contributed by atoms with Crippen molar-refractivity contribution in [3.05, 3.63) is 0 Å². The molecule has 0 amide bonds. The Morgan fingerprint density at radius 3 is 2.39 bits per heavy atom. The molecular weight excluding hydrogens is 465 g/mol. The second-order valence-corrected chi connectivity index (χ2v) is 8.30. The van der Waals surface area contributed by atoms with Crippen LogP contribution in [0.2, 0.25) is 0 Å². The number of ether oxygens (including phenoxy) is 1. The molecule has 2 rings (SSSR count). The second kappa shape index (κ2) is 14.8. The molecule has 0 aromatic heterocycles. The highest BCUT2D eigenvalue weighted by molar-refractivity contribution is 14.0. The van der Waals surface area contributed by atoms with E-state index in [2.05, 4.69) is 47.8 Å². The Kier molecular flexibility index (Phi) is 13.7. The predicted octanol–water partition coefficient (Wildman–Crippen LogP) is 2.59. The molecule has 0 bridgehead atoms. The van der Waals surface area contributed by atoms with E-state index in [1.165, 1.54) is 52.0 Å². The lowest BCUT2D eigenvalue weighted by Gasteiger charge is -2.35. The first kappa shape index (κ1) is 25.9. The van der Waals surface area contributed by atoms with Crippen molar-refractivity contribution in [1.82, 2.24) is 20.0 Å². The van der Waals surface area contributed by atoms with Crippen LogP contribution in [-0.4, -0.2) is 99.8 Å². The van der Waals surface area contributed by atoms with Crippen LogP contribution in [0.15, 0.2) is 4.99 Å². The zero-order valence-corrected chi connectivity index (χ0v) is 21.0. The smallest absolute Gasteiger partial charge is 0.193 e. The van der Waals surface area contributed by atoms with E-state index in [-0.39, 0.29) is 24.0 Å². The maximum atomic E-state index is 5.48. The number of hydrogen-bond acceptors (Lipinski definition) is 4. The lowest BCUT2D eigenvalue weighted by atomic mass is 9.96. The van der Waals surface area contributed by atoms with Crippen LogP contribution in [-0.2, 0) is 4.74 Å². The first-order valence-corrected chi connectivity index (χ1v) is 11.1. The molecule has 1 unspecified atom stereocenters. The van der Waals surface area contributed by atoms with Crippen molar-refractivity contribution in [1.29, 1.82) is 0 Å². The summed E-state index contributed by atoms with van der Waals surface area (Å²) < 4.78 is 5.48. The van der Waals surface area contributed by atoms with Gasteiger partial charge in [0.15, 0.2) is 5.96 Å². The molecular formula is C21H44IN5O. The lowest BCUT2D eigenvalue weighted by molar-refractivity contribution is 0.0625. The fourth-order valence-electron chi connectivity index (χ4n) is 4.02. The maximum Gasteiger partial charge on any atom is 0.193 e. The third kappa shape index (κ3) is 9.59. The molecule has 2 saturated heterocycles. The Labute approximate surface area is 190 Å². The van der Waals surface area contributed by atoms with Crippen LogP contribution >= 0.6 is 24.0 Å². The van der Waals surface area contributed by atoms with Gasteiger partial charge in [-0.05, 0) is 44.6 Å². The minimum absolute atomic E-state index is 0. The summed E-state index contributed by atoms with van der Waals surface area (Å²) in [5.41, 5.74) is 0. The molecule has 0 spiro atoms. The van der Waals surface area contributed by atoms with Gasteiger partial charge in [-0.15, -0.1) is 24.0 Å². The van der Waals surface area contributed by atoms with Crippen LogP contribution in [0.4, 0.5) is 0 Å². The predicted molar refractivity (Wildman–Crippen MR) is 130 cm³/mol. The third-order valence-corrected chi connectivity index (χ3v) is 5.94. The average molecular weight is 510 g/mol. The molecule has 1 N–H and O–H groups in total. The molecule has 0 aromatic carbocycles. The minimum Gasteiger partial charge on any atom is -0.381 e. The van der Waals surface area contributed by atoms with E-state index in [0.717, 1.165) is 51.3 Å². The zero-order valence-electron chi connectivity index (χ0n) is 18.7. The lowest BCUT2D eigenvalue weighted by Crippen LogP contribution is -2.47. The molecule has 7 heteroatoms. The number of aliphatic imine (C=N–C) groups is 1. The van der Waals surface area contributed by atoms with Crippen molar-refractivity contribution in [2.45, 2.75) is 40.0 Å². The van der Waals surface area contributed by atoms with Gasteiger partial charge in [-0.2, -0.15) is 0 Å². The van der Waals surface area contributed by atoms with Gasteiger partial charge in [0, 0.05) is 72.6 Å². The Hall–Kier alpha value is -0.120. The van der Waals surface area contributed by atoms with Crippen molar-refractivity contribution in [3.63, 3.8) is 0 Å². The molecule has 2 aliphatic heterocycles. The molecule has 28 heavy (non-hydrogen) atoms. The van der Waals surface area contributed by atoms with Crippen molar-refractivity contribution < 1.29 is 4.74 Å². The molecule has 2 aliphatic rings. The van der Waals surface area contributed by atoms with Crippen LogP contribution in [0.25, 0.3) is 0 Å². The number of piperazine rings is 1. The number of guanidine groups is 1. The maximum absolute atomic E-state index is 5.48. The fraction of sp³-hybridized carbons (Fsp3) is 0.952. The SMILES string of the molecule is CCNC(=NCC(C)CN1CCN(CC)CC1)N(C)CCC1CCOCC1.I. The second-order valence-electron chi connectivity index (χ2n) is 8.30. The van der Waals surface area contributed by atoms with Gasteiger partial charge in [-0.25, -0.2) is 0 Å². The normalized spacial score (nSPS) is 21.2. The van der Waals surface area contributed by atoms with Gasteiger partial charge in [0.1, 0.15) is 0 Å². The van der Waals surface area contributed by atoms with E-state index >= 15 is 0 Å². The summed E-state index contributed by atoms with van der Waals surface area (Å²) in [7, 11) is 2.18. The minimum atomic E-state index is 0. The summed E-state index contributed by atoms with van der Waals surface area (Å²) in [5.74, 6) is 2.47. The van der Waals surface area contributed by atoms with E-state index in [4.69, 9.17) is 9.73 Å². The summed E-state index contributed by atoms with van der Waals surface area (Å²) in [6, 6.07) is 0. The highest BCUT2D eigenvalue weighted by atomic mass is 127. The van der Waals surface area contributed by atoms with Gasteiger partial charge in [-0.1, -0.05) is 13.8 Å². The van der Waals surface area contributed by atoms with E-state index in [1.54, 1.807) is 0 Å². The molecule has 2 fully saturated rings. The quantitative estimate of drug-likeness (QED) is 0.294. The van der Waals surface area contributed by atoms with Crippen molar-refractivity contribution in [2.24, 2.45) is 16.8 Å². The van der Waals surface area contributed by atoms with Crippen LogP contribution in [0.5, 0.6) is 0 Å². The van der Waals surface area contributed by atoms with Gasteiger partial charge in [-0.3, -0.25) is 4.99 Å². The molecule has 0 aromatic rings. The standard InChI is InChI=1S/C21H43N5O.HI/c1-5-22-21(24(4)10-7-20-8-15-27-16-9-20)23-17-19(3)18-26-13-11-25(6-2)12-14-26;/h19-20H,5-18H2,1-4H3,(H,22,23);1H. The molecule has 0 aliphatic carbocycles. The third-order valence-electron chi connectivity index (χ3n) is 5.94. The summed E-state index contributed by atoms with van der Waals surface area (Å²) in [5, 5.41) is 3.47. The van der Waals surface area contributed by atoms with Crippen LogP contribution < -0.4 is 5.32 Å². The van der Waals surface area contributed by atoms with Gasteiger partial charge >= 0.3 is 0 Å². The Bertz CT molecular complexity index is 423. The van der Waals surface area contributed by atoms with Crippen molar-refractivity contribution >= 4 is 29.9 Å². The van der Waals surface area contributed by atoms with E-state index in [0.29, 0.717) is 5.92 Å². The average Bonchev–Trinajstić information content (AvgIpc) is 2.70. The Morgan fingerprint density at radius 1 is 1.14 bits per heavy atom. The number of halogens is 1. The zero-order chi connectivity index (χ0) is 19.5. The summed E-state index contributed by atoms with van der Waals surface area (Å²) >= 11 is 0. The molecule has 1 atom stereocenters. The Morgan fingerprint density at radius 2 is 1.79 bits per heavy atom. The molecule has 6 nitrogen and oxygen atoms in total. The summed E-state index contributed by atoms with van der Waals surface area (Å²) in [4.78, 5) is 12.4.